The normalized spacial score (nSPS) is 13.4. The van der Waals surface area contributed by atoms with Crippen LogP contribution in [0.2, 0.25) is 0 Å². The molecule has 0 aromatic heterocycles. The Labute approximate surface area is 474 Å². The number of primary amides is 1. The highest BCUT2D eigenvalue weighted by Crippen LogP contribution is 2.13. The fourth-order valence-corrected chi connectivity index (χ4v) is 8.04. The third-order valence-corrected chi connectivity index (χ3v) is 12.2. The molecule has 7 unspecified atom stereocenters. The molecule has 0 aliphatic rings. The Balaban J connectivity index is 1.85. The molecule has 446 valence electrons. The standard InChI is InChI=1S/C54H78N16O12/c1-31(2)25-40(69-51(80)41(27-32-11-5-3-6-12-32)65-45(74)30-63-44(73)29-64-46(75)36(55)26-34-17-19-35(71)20-18-34)50(79)67-38(16-10-24-62-54(59)60)47(76)66-37(15-9-23-61-53(57)58)48(77)68-39(21-22-43(56)72)49(78)70-42(52(81)82)28-33-13-7-4-8-14-33/h3-8,11-14,17-20,31,36-42,71H,9-10,15-16,21-30,55H2,1-2H3,(H2,56,72)(H,63,73)(H,64,75)(H,65,74)(H,66,76)(H,67,79)(H,68,77)(H,69,80)(H,70,78)(H,81,82)(H4,57,58,61)(H4,59,60,62). The number of amides is 9. The molecule has 3 aromatic carbocycles. The van der Waals surface area contributed by atoms with Gasteiger partial charge in [-0.15, -0.1) is 0 Å². The summed E-state index contributed by atoms with van der Waals surface area (Å²) in [6.45, 7) is 2.39. The third-order valence-electron chi connectivity index (χ3n) is 12.2. The summed E-state index contributed by atoms with van der Waals surface area (Å²) in [6.07, 6.45) is -0.928. The number of carboxylic acid groups (broad SMARTS) is 1. The lowest BCUT2D eigenvalue weighted by Gasteiger charge is -2.28. The second-order valence-electron chi connectivity index (χ2n) is 19.6. The van der Waals surface area contributed by atoms with Crippen LogP contribution in [-0.4, -0.2) is 150 Å². The van der Waals surface area contributed by atoms with Crippen LogP contribution in [0, 0.1) is 5.92 Å². The number of carboxylic acids is 1. The quantitative estimate of drug-likeness (QED) is 0.0152. The first kappa shape index (κ1) is 66.9. The third kappa shape index (κ3) is 26.5. The molecular formula is C54H78N16O12. The summed E-state index contributed by atoms with van der Waals surface area (Å²) < 4.78 is 0. The van der Waals surface area contributed by atoms with Gasteiger partial charge in [0.25, 0.3) is 0 Å². The van der Waals surface area contributed by atoms with E-state index in [1.165, 1.54) is 12.1 Å². The first-order valence-electron chi connectivity index (χ1n) is 26.5. The average molecular weight is 1140 g/mol. The molecule has 3 rings (SSSR count). The van der Waals surface area contributed by atoms with Gasteiger partial charge in [0.2, 0.25) is 53.2 Å². The van der Waals surface area contributed by atoms with Gasteiger partial charge in [-0.25, -0.2) is 4.79 Å². The van der Waals surface area contributed by atoms with E-state index in [1.807, 2.05) is 0 Å². The summed E-state index contributed by atoms with van der Waals surface area (Å²) in [7, 11) is 0. The number of hydrogen-bond acceptors (Lipinski definition) is 14. The highest BCUT2D eigenvalue weighted by Gasteiger charge is 2.34. The van der Waals surface area contributed by atoms with Gasteiger partial charge in [-0.3, -0.25) is 53.1 Å². The Bertz CT molecular complexity index is 2670. The monoisotopic (exact) mass is 1140 g/mol. The summed E-state index contributed by atoms with van der Waals surface area (Å²) in [5.41, 5.74) is 35.4. The van der Waals surface area contributed by atoms with E-state index in [2.05, 4.69) is 52.5 Å². The van der Waals surface area contributed by atoms with E-state index in [0.29, 0.717) is 16.7 Å². The van der Waals surface area contributed by atoms with E-state index in [1.54, 1.807) is 86.6 Å². The van der Waals surface area contributed by atoms with Crippen molar-refractivity contribution >= 4 is 71.1 Å². The molecule has 0 aliphatic carbocycles. The van der Waals surface area contributed by atoms with Crippen molar-refractivity contribution in [1.82, 2.24) is 42.5 Å². The van der Waals surface area contributed by atoms with E-state index in [9.17, 15) is 58.2 Å². The number of aliphatic imine (C=N–C) groups is 2. The topological polar surface area (TPSA) is 488 Å². The Kier molecular flexibility index (Phi) is 28.8. The molecule has 28 nitrogen and oxygen atoms in total. The van der Waals surface area contributed by atoms with Gasteiger partial charge in [-0.1, -0.05) is 86.6 Å². The van der Waals surface area contributed by atoms with E-state index < -0.39 is 121 Å². The number of guanidine groups is 2. The van der Waals surface area contributed by atoms with E-state index >= 15 is 0 Å². The van der Waals surface area contributed by atoms with Crippen LogP contribution in [0.25, 0.3) is 0 Å². The lowest BCUT2D eigenvalue weighted by Crippen LogP contribution is -2.60. The zero-order valence-electron chi connectivity index (χ0n) is 45.9. The molecular weight excluding hydrogens is 1060 g/mol. The van der Waals surface area contributed by atoms with Crippen LogP contribution < -0.4 is 76.9 Å². The summed E-state index contributed by atoms with van der Waals surface area (Å²) >= 11 is 0. The van der Waals surface area contributed by atoms with E-state index in [-0.39, 0.29) is 94.5 Å². The van der Waals surface area contributed by atoms with Crippen LogP contribution in [0.3, 0.4) is 0 Å². The molecule has 22 N–H and O–H groups in total. The van der Waals surface area contributed by atoms with Gasteiger partial charge in [0.1, 0.15) is 42.0 Å². The van der Waals surface area contributed by atoms with Crippen LogP contribution >= 0.6 is 0 Å². The largest absolute Gasteiger partial charge is 0.508 e. The van der Waals surface area contributed by atoms with E-state index in [0.717, 1.165) is 0 Å². The first-order chi connectivity index (χ1) is 38.9. The van der Waals surface area contributed by atoms with Gasteiger partial charge >= 0.3 is 5.97 Å². The van der Waals surface area contributed by atoms with E-state index in [4.69, 9.17) is 34.4 Å². The van der Waals surface area contributed by atoms with Crippen LogP contribution in [0.15, 0.2) is 94.9 Å². The number of phenols is 1. The smallest absolute Gasteiger partial charge is 0.326 e. The van der Waals surface area contributed by atoms with Gasteiger partial charge in [0.15, 0.2) is 11.9 Å². The van der Waals surface area contributed by atoms with Gasteiger partial charge in [0.05, 0.1) is 19.1 Å². The minimum absolute atomic E-state index is 0.00103. The number of carbonyl (C=O) groups is 10. The Morgan fingerprint density at radius 2 is 0.890 bits per heavy atom. The second-order valence-corrected chi connectivity index (χ2v) is 19.6. The Hall–Kier alpha value is -9.34. The number of aromatic hydroxyl groups is 1. The summed E-state index contributed by atoms with van der Waals surface area (Å²) in [5, 5.41) is 39.8. The first-order valence-corrected chi connectivity index (χ1v) is 26.5. The van der Waals surface area contributed by atoms with Crippen molar-refractivity contribution in [2.75, 3.05) is 26.2 Å². The summed E-state index contributed by atoms with van der Waals surface area (Å²) in [6, 6.07) is 13.5. The van der Waals surface area contributed by atoms with Gasteiger partial charge in [-0.05, 0) is 79.7 Å². The molecule has 3 aromatic rings. The number of hydrogen-bond donors (Lipinski definition) is 16. The van der Waals surface area contributed by atoms with Gasteiger partial charge < -0.3 is 87.1 Å². The minimum Gasteiger partial charge on any atom is -0.508 e. The van der Waals surface area contributed by atoms with Crippen molar-refractivity contribution in [3.8, 4) is 5.75 Å². The zero-order valence-corrected chi connectivity index (χ0v) is 45.9. The molecule has 0 fully saturated rings. The fourth-order valence-electron chi connectivity index (χ4n) is 8.04. The predicted octanol–water partition coefficient (Wildman–Crippen LogP) is -3.61. The number of carbonyl (C=O) groups excluding carboxylic acids is 9. The predicted molar refractivity (Wildman–Crippen MR) is 303 cm³/mol. The molecule has 0 saturated heterocycles. The van der Waals surface area contributed by atoms with Crippen molar-refractivity contribution in [2.24, 2.45) is 50.3 Å². The number of nitrogens with zero attached hydrogens (tertiary/aromatic N) is 2. The van der Waals surface area contributed by atoms with Gasteiger partial charge in [0, 0.05) is 32.4 Å². The lowest BCUT2D eigenvalue weighted by molar-refractivity contribution is -0.142. The molecule has 0 radical (unpaired) electrons. The lowest BCUT2D eigenvalue weighted by atomic mass is 10.00. The van der Waals surface area contributed by atoms with Gasteiger partial charge in [-0.2, -0.15) is 0 Å². The molecule has 0 aliphatic heterocycles. The second kappa shape index (κ2) is 35.3. The Morgan fingerprint density at radius 1 is 0.476 bits per heavy atom. The van der Waals surface area contributed by atoms with Crippen molar-refractivity contribution in [1.29, 1.82) is 0 Å². The maximum atomic E-state index is 14.4. The molecule has 0 saturated carbocycles. The van der Waals surface area contributed by atoms with Crippen LogP contribution in [0.1, 0.15) is 75.5 Å². The molecule has 0 heterocycles. The number of nitrogens with one attached hydrogen (secondary N) is 8. The zero-order chi connectivity index (χ0) is 60.7. The molecule has 28 heteroatoms. The van der Waals surface area contributed by atoms with Crippen molar-refractivity contribution < 1.29 is 58.2 Å². The average Bonchev–Trinajstić information content (AvgIpc) is 3.48. The molecule has 9 amide bonds. The fraction of sp³-hybridized carbons (Fsp3) is 0.444. The van der Waals surface area contributed by atoms with Crippen molar-refractivity contribution in [2.45, 2.75) is 120 Å². The van der Waals surface area contributed by atoms with Crippen molar-refractivity contribution in [3.63, 3.8) is 0 Å². The maximum absolute atomic E-state index is 14.4. The molecule has 0 bridgehead atoms. The summed E-state index contributed by atoms with van der Waals surface area (Å²) in [5.74, 6) is -9.59. The molecule has 82 heavy (non-hydrogen) atoms. The van der Waals surface area contributed by atoms with Crippen LogP contribution in [-0.2, 0) is 67.2 Å². The van der Waals surface area contributed by atoms with Crippen LogP contribution in [0.4, 0.5) is 0 Å². The highest BCUT2D eigenvalue weighted by molar-refractivity contribution is 5.97. The number of phenolic OH excluding ortho intramolecular Hbond substituents is 1. The number of nitrogens with two attached hydrogens (primary N) is 6. The number of rotatable bonds is 36. The minimum atomic E-state index is -1.53. The number of benzene rings is 3. The maximum Gasteiger partial charge on any atom is 0.326 e. The molecule has 7 atom stereocenters. The Morgan fingerprint density at radius 3 is 1.35 bits per heavy atom. The van der Waals surface area contributed by atoms with Crippen LogP contribution in [0.5, 0.6) is 5.75 Å². The SMILES string of the molecule is CC(C)CC(NC(=O)C(Cc1ccccc1)NC(=O)CNC(=O)CNC(=O)C(N)Cc1ccc(O)cc1)C(=O)NC(CCCN=C(N)N)C(=O)NC(CCCN=C(N)N)C(=O)NC(CCC(N)=O)C(=O)NC(Cc1ccccc1)C(=O)O. The highest BCUT2D eigenvalue weighted by atomic mass is 16.4. The van der Waals surface area contributed by atoms with Crippen molar-refractivity contribution in [3.05, 3.63) is 102 Å². The summed E-state index contributed by atoms with van der Waals surface area (Å²) in [4.78, 5) is 142. The number of aliphatic carboxylic acids is 1. The molecule has 0 spiro atoms.